The number of hydrogen-bond donors (Lipinski definition) is 0. The van der Waals surface area contributed by atoms with Crippen molar-refractivity contribution in [3.8, 4) is 0 Å². The predicted molar refractivity (Wildman–Crippen MR) is 51.2 cm³/mol. The largest absolute Gasteiger partial charge is 0.303 e. The standard InChI is InChI=1S/C11H10O2/c12-9-8-11(13)7-6-10-4-2-1-3-5-10/h1-7,9H,8H2/b7-6+. The van der Waals surface area contributed by atoms with Crippen molar-refractivity contribution >= 4 is 18.1 Å². The topological polar surface area (TPSA) is 34.1 Å². The van der Waals surface area contributed by atoms with Crippen LogP contribution in [0.15, 0.2) is 36.4 Å². The number of benzene rings is 1. The number of allylic oxidation sites excluding steroid dienone is 1. The summed E-state index contributed by atoms with van der Waals surface area (Å²) in [5.74, 6) is -0.168. The highest BCUT2D eigenvalue weighted by atomic mass is 16.1. The van der Waals surface area contributed by atoms with E-state index in [1.807, 2.05) is 30.3 Å². The van der Waals surface area contributed by atoms with Crippen LogP contribution < -0.4 is 0 Å². The van der Waals surface area contributed by atoms with E-state index in [-0.39, 0.29) is 12.2 Å². The zero-order chi connectivity index (χ0) is 9.52. The first-order chi connectivity index (χ1) is 6.33. The molecule has 2 nitrogen and oxygen atoms in total. The monoisotopic (exact) mass is 174 g/mol. The van der Waals surface area contributed by atoms with Gasteiger partial charge in [0.2, 0.25) is 0 Å². The molecule has 0 bridgehead atoms. The van der Waals surface area contributed by atoms with E-state index in [2.05, 4.69) is 0 Å². The molecule has 1 aromatic rings. The highest BCUT2D eigenvalue weighted by Crippen LogP contribution is 2.00. The average Bonchev–Trinajstić information content (AvgIpc) is 2.17. The minimum atomic E-state index is -0.168. The van der Waals surface area contributed by atoms with E-state index in [1.165, 1.54) is 6.08 Å². The third kappa shape index (κ3) is 3.47. The molecule has 2 heteroatoms. The number of carbonyl (C=O) groups is 2. The molecular formula is C11H10O2. The quantitative estimate of drug-likeness (QED) is 0.396. The van der Waals surface area contributed by atoms with Gasteiger partial charge in [0.05, 0.1) is 6.42 Å². The van der Waals surface area contributed by atoms with Crippen LogP contribution in [0.5, 0.6) is 0 Å². The van der Waals surface area contributed by atoms with Crippen LogP contribution in [0.2, 0.25) is 0 Å². The molecule has 0 N–H and O–H groups in total. The Hall–Kier alpha value is -1.70. The zero-order valence-electron chi connectivity index (χ0n) is 7.14. The zero-order valence-corrected chi connectivity index (χ0v) is 7.14. The minimum Gasteiger partial charge on any atom is -0.303 e. The van der Waals surface area contributed by atoms with Crippen molar-refractivity contribution in [1.82, 2.24) is 0 Å². The van der Waals surface area contributed by atoms with Crippen LogP contribution in [0, 0.1) is 0 Å². The van der Waals surface area contributed by atoms with Crippen LogP contribution >= 0.6 is 0 Å². The SMILES string of the molecule is O=CCC(=O)/C=C/c1ccccc1. The van der Waals surface area contributed by atoms with Crippen LogP contribution in [0.4, 0.5) is 0 Å². The van der Waals surface area contributed by atoms with E-state index in [1.54, 1.807) is 6.08 Å². The van der Waals surface area contributed by atoms with Gasteiger partial charge in [0.1, 0.15) is 6.29 Å². The first-order valence-electron chi connectivity index (χ1n) is 4.02. The summed E-state index contributed by atoms with van der Waals surface area (Å²) in [7, 11) is 0. The van der Waals surface area contributed by atoms with E-state index in [9.17, 15) is 9.59 Å². The molecular weight excluding hydrogens is 164 g/mol. The predicted octanol–water partition coefficient (Wildman–Crippen LogP) is 1.86. The first-order valence-corrected chi connectivity index (χ1v) is 4.02. The fraction of sp³-hybridized carbons (Fsp3) is 0.0909. The summed E-state index contributed by atoms with van der Waals surface area (Å²) in [4.78, 5) is 20.9. The normalized spacial score (nSPS) is 10.2. The van der Waals surface area contributed by atoms with Crippen LogP contribution in [-0.4, -0.2) is 12.1 Å². The average molecular weight is 174 g/mol. The van der Waals surface area contributed by atoms with Crippen molar-refractivity contribution < 1.29 is 9.59 Å². The summed E-state index contributed by atoms with van der Waals surface area (Å²) in [6.45, 7) is 0. The molecule has 0 aliphatic heterocycles. The van der Waals surface area contributed by atoms with Gasteiger partial charge >= 0.3 is 0 Å². The third-order valence-corrected chi connectivity index (χ3v) is 1.55. The molecule has 0 unspecified atom stereocenters. The van der Waals surface area contributed by atoms with Crippen molar-refractivity contribution in [2.24, 2.45) is 0 Å². The van der Waals surface area contributed by atoms with Gasteiger partial charge in [-0.2, -0.15) is 0 Å². The summed E-state index contributed by atoms with van der Waals surface area (Å²) in [5.41, 5.74) is 0.960. The molecule has 0 radical (unpaired) electrons. The molecule has 0 saturated carbocycles. The van der Waals surface area contributed by atoms with Gasteiger partial charge in [-0.25, -0.2) is 0 Å². The Kier molecular flexibility index (Phi) is 3.64. The van der Waals surface area contributed by atoms with Crippen LogP contribution in [0.25, 0.3) is 6.08 Å². The molecule has 0 atom stereocenters. The van der Waals surface area contributed by atoms with Gasteiger partial charge in [-0.3, -0.25) is 4.79 Å². The Morgan fingerprint density at radius 3 is 2.54 bits per heavy atom. The first kappa shape index (κ1) is 9.39. The van der Waals surface area contributed by atoms with Crippen molar-refractivity contribution in [3.63, 3.8) is 0 Å². The Balaban J connectivity index is 2.58. The summed E-state index contributed by atoms with van der Waals surface area (Å²) >= 11 is 0. The van der Waals surface area contributed by atoms with Crippen molar-refractivity contribution in [2.75, 3.05) is 0 Å². The molecule has 0 aliphatic carbocycles. The van der Waals surface area contributed by atoms with E-state index < -0.39 is 0 Å². The maximum Gasteiger partial charge on any atom is 0.162 e. The molecule has 0 spiro atoms. The maximum atomic E-state index is 10.9. The van der Waals surface area contributed by atoms with E-state index in [4.69, 9.17) is 0 Å². The molecule has 0 aliphatic rings. The fourth-order valence-electron chi connectivity index (χ4n) is 0.903. The second-order valence-corrected chi connectivity index (χ2v) is 2.58. The van der Waals surface area contributed by atoms with Crippen molar-refractivity contribution in [1.29, 1.82) is 0 Å². The minimum absolute atomic E-state index is 0.0384. The number of aldehydes is 1. The summed E-state index contributed by atoms with van der Waals surface area (Å²) in [5, 5.41) is 0. The fourth-order valence-corrected chi connectivity index (χ4v) is 0.903. The molecule has 0 aromatic heterocycles. The van der Waals surface area contributed by atoms with Gasteiger partial charge in [-0.15, -0.1) is 0 Å². The second kappa shape index (κ2) is 5.04. The Bertz CT molecular complexity index is 312. The summed E-state index contributed by atoms with van der Waals surface area (Å²) < 4.78 is 0. The Labute approximate surface area is 76.9 Å². The molecule has 1 rings (SSSR count). The summed E-state index contributed by atoms with van der Waals surface area (Å²) in [6, 6.07) is 9.48. The second-order valence-electron chi connectivity index (χ2n) is 2.58. The molecule has 1 aromatic carbocycles. The Morgan fingerprint density at radius 2 is 1.92 bits per heavy atom. The lowest BCUT2D eigenvalue weighted by Gasteiger charge is -1.89. The molecule has 0 fully saturated rings. The van der Waals surface area contributed by atoms with E-state index >= 15 is 0 Å². The van der Waals surface area contributed by atoms with Gasteiger partial charge in [0.15, 0.2) is 5.78 Å². The smallest absolute Gasteiger partial charge is 0.162 e. The number of ketones is 1. The lowest BCUT2D eigenvalue weighted by atomic mass is 10.2. The van der Waals surface area contributed by atoms with Gasteiger partial charge in [0.25, 0.3) is 0 Å². The highest BCUT2D eigenvalue weighted by Gasteiger charge is 1.92. The van der Waals surface area contributed by atoms with Crippen molar-refractivity contribution in [3.05, 3.63) is 42.0 Å². The third-order valence-electron chi connectivity index (χ3n) is 1.55. The lowest BCUT2D eigenvalue weighted by molar-refractivity contribution is -0.118. The van der Waals surface area contributed by atoms with E-state index in [0.717, 1.165) is 5.56 Å². The van der Waals surface area contributed by atoms with Gasteiger partial charge in [0, 0.05) is 0 Å². The summed E-state index contributed by atoms with van der Waals surface area (Å²) in [6.07, 6.45) is 3.69. The Morgan fingerprint density at radius 1 is 1.23 bits per heavy atom. The lowest BCUT2D eigenvalue weighted by Crippen LogP contribution is -1.91. The van der Waals surface area contributed by atoms with Gasteiger partial charge in [-0.05, 0) is 11.6 Å². The number of carbonyl (C=O) groups excluding carboxylic acids is 2. The number of rotatable bonds is 4. The maximum absolute atomic E-state index is 10.9. The molecule has 66 valence electrons. The molecule has 0 amide bonds. The highest BCUT2D eigenvalue weighted by molar-refractivity contribution is 6.00. The number of hydrogen-bond acceptors (Lipinski definition) is 2. The molecule has 13 heavy (non-hydrogen) atoms. The van der Waals surface area contributed by atoms with Crippen LogP contribution in [0.3, 0.4) is 0 Å². The van der Waals surface area contributed by atoms with E-state index in [0.29, 0.717) is 6.29 Å². The molecule has 0 saturated heterocycles. The van der Waals surface area contributed by atoms with Gasteiger partial charge < -0.3 is 4.79 Å². The van der Waals surface area contributed by atoms with Crippen LogP contribution in [-0.2, 0) is 9.59 Å². The molecule has 0 heterocycles. The van der Waals surface area contributed by atoms with Crippen LogP contribution in [0.1, 0.15) is 12.0 Å². The van der Waals surface area contributed by atoms with Crippen molar-refractivity contribution in [2.45, 2.75) is 6.42 Å². The van der Waals surface area contributed by atoms with Gasteiger partial charge in [-0.1, -0.05) is 36.4 Å².